The summed E-state index contributed by atoms with van der Waals surface area (Å²) in [5.41, 5.74) is 0. The number of hydrogen-bond acceptors (Lipinski definition) is 11. The Kier molecular flexibility index (Phi) is 49.9. The molecule has 0 radical (unpaired) electrons. The highest BCUT2D eigenvalue weighted by atomic mass is 16.7. The number of carbonyl (C=O) groups excluding carboxylic acids is 3. The summed E-state index contributed by atoms with van der Waals surface area (Å²) in [4.78, 5) is 51.2. The van der Waals surface area contributed by atoms with Crippen LogP contribution in [-0.4, -0.2) is 89.2 Å². The van der Waals surface area contributed by atoms with Gasteiger partial charge in [-0.1, -0.05) is 208 Å². The summed E-state index contributed by atoms with van der Waals surface area (Å²) in [6, 6.07) is 0. The molecule has 6 unspecified atom stereocenters. The third kappa shape index (κ3) is 44.0. The monoisotopic (exact) mass is 1110 g/mol. The van der Waals surface area contributed by atoms with Crippen LogP contribution in [0, 0.1) is 0 Å². The topological polar surface area (TPSA) is 175 Å². The number of carboxylic acid groups (broad SMARTS) is 1. The standard InChI is InChI=1S/C67H110O12/c1-4-7-10-13-16-19-22-25-28-30-33-35-38-41-44-47-50-53-59(68)75-56-58(77-60(69)54-51-48-45-42-39-36-32-27-24-21-18-15-12-9-6-3)57-76-67-65(63(72)62(71)64(79-67)66(73)74)78-61(70)55-52-49-46-43-40-37-34-31-29-26-23-20-17-14-11-8-5-2/h9,12,16-21,25-29,32,39,42,58,62-65,67,71-72H,4-8,10-11,13-15,22-24,30-31,33-38,40-41,43-57H2,1-3H3,(H,73,74)/b12-9-,19-16-,20-17-,21-18-,28-25-,29-26-,32-27-,42-39-. The first kappa shape index (κ1) is 72.7. The summed E-state index contributed by atoms with van der Waals surface area (Å²) >= 11 is 0. The lowest BCUT2D eigenvalue weighted by molar-refractivity contribution is -0.301. The van der Waals surface area contributed by atoms with Crippen molar-refractivity contribution in [1.29, 1.82) is 0 Å². The number of allylic oxidation sites excluding steroid dienone is 16. The number of ether oxygens (including phenoxy) is 5. The van der Waals surface area contributed by atoms with Gasteiger partial charge in [0.25, 0.3) is 0 Å². The van der Waals surface area contributed by atoms with Gasteiger partial charge in [-0.3, -0.25) is 14.4 Å². The third-order valence-electron chi connectivity index (χ3n) is 13.6. The molecule has 1 fully saturated rings. The van der Waals surface area contributed by atoms with Crippen molar-refractivity contribution in [2.24, 2.45) is 0 Å². The zero-order valence-corrected chi connectivity index (χ0v) is 49.6. The minimum absolute atomic E-state index is 0.0420. The molecule has 1 aliphatic heterocycles. The minimum atomic E-state index is -1.92. The van der Waals surface area contributed by atoms with Gasteiger partial charge in [0.1, 0.15) is 18.8 Å². The highest BCUT2D eigenvalue weighted by Gasteiger charge is 2.50. The smallest absolute Gasteiger partial charge is 0.335 e. The number of carbonyl (C=O) groups is 4. The fourth-order valence-corrected chi connectivity index (χ4v) is 8.83. The lowest BCUT2D eigenvalue weighted by Gasteiger charge is -2.40. The summed E-state index contributed by atoms with van der Waals surface area (Å²) in [7, 11) is 0. The predicted molar refractivity (Wildman–Crippen MR) is 321 cm³/mol. The number of aliphatic hydroxyl groups is 2. The van der Waals surface area contributed by atoms with Crippen LogP contribution in [0.4, 0.5) is 0 Å². The summed E-state index contributed by atoms with van der Waals surface area (Å²) in [5.74, 6) is -3.20. The first-order chi connectivity index (χ1) is 38.6. The molecule has 0 saturated carbocycles. The zero-order chi connectivity index (χ0) is 57.5. The van der Waals surface area contributed by atoms with Crippen LogP contribution in [0.1, 0.15) is 252 Å². The first-order valence-electron chi connectivity index (χ1n) is 31.2. The van der Waals surface area contributed by atoms with Crippen molar-refractivity contribution < 1.29 is 58.2 Å². The van der Waals surface area contributed by atoms with Crippen LogP contribution < -0.4 is 0 Å². The molecule has 0 spiro atoms. The van der Waals surface area contributed by atoms with E-state index in [-0.39, 0.29) is 25.9 Å². The molecule has 0 aromatic rings. The fraction of sp³-hybridized carbons (Fsp3) is 0.701. The number of unbranched alkanes of at least 4 members (excludes halogenated alkanes) is 22. The Morgan fingerprint density at radius 1 is 0.430 bits per heavy atom. The molecule has 0 aromatic carbocycles. The van der Waals surface area contributed by atoms with Gasteiger partial charge < -0.3 is 39.0 Å². The number of hydrogen-bond donors (Lipinski definition) is 3. The van der Waals surface area contributed by atoms with E-state index in [4.69, 9.17) is 23.7 Å². The molecule has 1 saturated heterocycles. The van der Waals surface area contributed by atoms with Crippen molar-refractivity contribution >= 4 is 23.9 Å². The van der Waals surface area contributed by atoms with Crippen LogP contribution in [0.3, 0.4) is 0 Å². The van der Waals surface area contributed by atoms with Crippen LogP contribution in [0.25, 0.3) is 0 Å². The number of aliphatic hydroxyl groups excluding tert-OH is 2. The van der Waals surface area contributed by atoms with E-state index in [2.05, 4.69) is 118 Å². The van der Waals surface area contributed by atoms with Gasteiger partial charge in [0.2, 0.25) is 0 Å². The Morgan fingerprint density at radius 3 is 1.24 bits per heavy atom. The highest BCUT2D eigenvalue weighted by molar-refractivity contribution is 5.74. The maximum Gasteiger partial charge on any atom is 0.335 e. The zero-order valence-electron chi connectivity index (χ0n) is 49.6. The van der Waals surface area contributed by atoms with Gasteiger partial charge in [0.15, 0.2) is 24.6 Å². The van der Waals surface area contributed by atoms with E-state index >= 15 is 0 Å². The molecule has 0 amide bonds. The van der Waals surface area contributed by atoms with E-state index in [0.29, 0.717) is 19.3 Å². The highest BCUT2D eigenvalue weighted by Crippen LogP contribution is 2.26. The molecule has 79 heavy (non-hydrogen) atoms. The molecular weight excluding hydrogens is 997 g/mol. The minimum Gasteiger partial charge on any atom is -0.479 e. The van der Waals surface area contributed by atoms with Crippen LogP contribution in [0.15, 0.2) is 97.2 Å². The third-order valence-corrected chi connectivity index (χ3v) is 13.6. The molecule has 0 aromatic heterocycles. The van der Waals surface area contributed by atoms with Crippen molar-refractivity contribution in [3.8, 4) is 0 Å². The van der Waals surface area contributed by atoms with E-state index in [1.54, 1.807) is 0 Å². The van der Waals surface area contributed by atoms with Crippen LogP contribution in [-0.2, 0) is 42.9 Å². The Bertz CT molecular complexity index is 1740. The van der Waals surface area contributed by atoms with Gasteiger partial charge in [-0.25, -0.2) is 4.79 Å². The summed E-state index contributed by atoms with van der Waals surface area (Å²) < 4.78 is 28.4. The largest absolute Gasteiger partial charge is 0.479 e. The molecule has 0 bridgehead atoms. The summed E-state index contributed by atoms with van der Waals surface area (Å²) in [5, 5.41) is 31.5. The van der Waals surface area contributed by atoms with Gasteiger partial charge in [-0.05, 0) is 122 Å². The maximum absolute atomic E-state index is 13.2. The van der Waals surface area contributed by atoms with E-state index in [1.807, 2.05) is 0 Å². The molecule has 0 aliphatic carbocycles. The van der Waals surface area contributed by atoms with E-state index < -0.39 is 67.3 Å². The second kappa shape index (κ2) is 54.2. The van der Waals surface area contributed by atoms with Crippen molar-refractivity contribution in [1.82, 2.24) is 0 Å². The molecule has 3 N–H and O–H groups in total. The Balaban J connectivity index is 2.71. The number of esters is 3. The van der Waals surface area contributed by atoms with Crippen molar-refractivity contribution in [3.05, 3.63) is 97.2 Å². The van der Waals surface area contributed by atoms with E-state index in [1.165, 1.54) is 57.8 Å². The number of carboxylic acids is 1. The van der Waals surface area contributed by atoms with Crippen molar-refractivity contribution in [3.63, 3.8) is 0 Å². The van der Waals surface area contributed by atoms with Crippen LogP contribution >= 0.6 is 0 Å². The van der Waals surface area contributed by atoms with Crippen molar-refractivity contribution in [2.75, 3.05) is 13.2 Å². The second-order valence-electron chi connectivity index (χ2n) is 20.9. The lowest BCUT2D eigenvalue weighted by Crippen LogP contribution is -2.61. The van der Waals surface area contributed by atoms with E-state index in [9.17, 15) is 34.5 Å². The van der Waals surface area contributed by atoms with Gasteiger partial charge in [-0.15, -0.1) is 0 Å². The second-order valence-corrected chi connectivity index (χ2v) is 20.9. The van der Waals surface area contributed by atoms with E-state index in [0.717, 1.165) is 135 Å². The Morgan fingerprint density at radius 2 is 0.797 bits per heavy atom. The maximum atomic E-state index is 13.2. The SMILES string of the molecule is CC/C=C\C/C=C\C/C=C\C/C=C\CCCCC(=O)OC(COC(=O)CCCCCCCCC/C=C\C/C=C\CCCCC)COC1OC(C(=O)O)C(O)C(O)C1OC(=O)CCCCCCCCC/C=C\C/C=C\CCCCC. The number of aliphatic carboxylic acids is 1. The normalized spacial score (nSPS) is 18.5. The summed E-state index contributed by atoms with van der Waals surface area (Å²) in [6.45, 7) is 5.79. The molecule has 450 valence electrons. The average Bonchev–Trinajstić information content (AvgIpc) is 3.46. The predicted octanol–water partition coefficient (Wildman–Crippen LogP) is 16.5. The Hall–Kier alpha value is -4.36. The van der Waals surface area contributed by atoms with Gasteiger partial charge >= 0.3 is 23.9 Å². The van der Waals surface area contributed by atoms with Gasteiger partial charge in [0, 0.05) is 19.3 Å². The molecule has 1 aliphatic rings. The first-order valence-corrected chi connectivity index (χ1v) is 31.2. The van der Waals surface area contributed by atoms with Gasteiger partial charge in [-0.2, -0.15) is 0 Å². The number of rotatable bonds is 52. The molecule has 12 heteroatoms. The quantitative estimate of drug-likeness (QED) is 0.0228. The Labute approximate surface area is 479 Å². The van der Waals surface area contributed by atoms with Gasteiger partial charge in [0.05, 0.1) is 6.61 Å². The fourth-order valence-electron chi connectivity index (χ4n) is 8.83. The molecule has 6 atom stereocenters. The van der Waals surface area contributed by atoms with Crippen molar-refractivity contribution in [2.45, 2.75) is 289 Å². The van der Waals surface area contributed by atoms with Crippen LogP contribution in [0.5, 0.6) is 0 Å². The average molecular weight is 1110 g/mol. The molecule has 1 heterocycles. The lowest BCUT2D eigenvalue weighted by atomic mass is 9.98. The molecule has 12 nitrogen and oxygen atoms in total. The molecular formula is C67H110O12. The summed E-state index contributed by atoms with van der Waals surface area (Å²) in [6.07, 6.45) is 59.4. The molecule has 1 rings (SSSR count). The van der Waals surface area contributed by atoms with Crippen LogP contribution in [0.2, 0.25) is 0 Å².